The molecule has 1 aromatic heterocycles. The highest BCUT2D eigenvalue weighted by Gasteiger charge is 2.18. The lowest BCUT2D eigenvalue weighted by Crippen LogP contribution is -2.22. The van der Waals surface area contributed by atoms with Gasteiger partial charge in [0.05, 0.1) is 11.4 Å². The molecule has 4 aromatic rings. The monoisotopic (exact) mass is 415 g/mol. The molecule has 6 nitrogen and oxygen atoms in total. The molecule has 1 N–H and O–H groups in total. The van der Waals surface area contributed by atoms with Gasteiger partial charge in [-0.05, 0) is 54.6 Å². The quantitative estimate of drug-likeness (QED) is 0.527. The van der Waals surface area contributed by atoms with Gasteiger partial charge in [0.15, 0.2) is 11.5 Å². The molecule has 1 aliphatic heterocycles. The van der Waals surface area contributed by atoms with Crippen molar-refractivity contribution in [3.05, 3.63) is 95.9 Å². The van der Waals surface area contributed by atoms with Crippen molar-refractivity contribution in [3.63, 3.8) is 0 Å². The minimum Gasteiger partial charge on any atom is -0.454 e. The van der Waals surface area contributed by atoms with Crippen LogP contribution in [0.15, 0.2) is 79.0 Å². The lowest BCUT2D eigenvalue weighted by molar-refractivity contribution is 0.0950. The predicted octanol–water partition coefficient (Wildman–Crippen LogP) is 4.34. The second-order valence-corrected chi connectivity index (χ2v) is 7.04. The van der Waals surface area contributed by atoms with Gasteiger partial charge in [0, 0.05) is 29.4 Å². The summed E-state index contributed by atoms with van der Waals surface area (Å²) in [7, 11) is 0. The van der Waals surface area contributed by atoms with Gasteiger partial charge in [0.25, 0.3) is 5.91 Å². The molecule has 0 saturated heterocycles. The zero-order valence-corrected chi connectivity index (χ0v) is 16.4. The van der Waals surface area contributed by atoms with E-state index < -0.39 is 0 Å². The van der Waals surface area contributed by atoms with Crippen molar-refractivity contribution >= 4 is 5.91 Å². The van der Waals surface area contributed by atoms with E-state index in [1.54, 1.807) is 35.0 Å². The number of para-hydroxylation sites is 1. The van der Waals surface area contributed by atoms with E-state index in [0.29, 0.717) is 22.8 Å². The number of benzene rings is 3. The molecule has 0 spiro atoms. The summed E-state index contributed by atoms with van der Waals surface area (Å²) in [5.41, 5.74) is 3.62. The topological polar surface area (TPSA) is 65.4 Å². The van der Waals surface area contributed by atoms with Gasteiger partial charge in [-0.25, -0.2) is 9.07 Å². The van der Waals surface area contributed by atoms with Crippen molar-refractivity contribution in [1.82, 2.24) is 15.1 Å². The van der Waals surface area contributed by atoms with Gasteiger partial charge in [0.2, 0.25) is 6.79 Å². The van der Waals surface area contributed by atoms with Crippen molar-refractivity contribution in [2.75, 3.05) is 6.79 Å². The third kappa shape index (κ3) is 3.85. The lowest BCUT2D eigenvalue weighted by atomic mass is 10.1. The van der Waals surface area contributed by atoms with Crippen LogP contribution in [-0.4, -0.2) is 22.5 Å². The van der Waals surface area contributed by atoms with Gasteiger partial charge in [-0.1, -0.05) is 18.2 Å². The fourth-order valence-corrected chi connectivity index (χ4v) is 3.42. The Hall–Kier alpha value is -4.13. The molecule has 2 heterocycles. The maximum atomic E-state index is 13.4. The van der Waals surface area contributed by atoms with Crippen LogP contribution in [0.2, 0.25) is 0 Å². The van der Waals surface area contributed by atoms with E-state index >= 15 is 0 Å². The number of amides is 1. The standard InChI is InChI=1S/C24H18FN3O3/c25-19-9-6-16(7-10-19)23-18(14-28(27-23)20-4-2-1-3-5-20)13-26-24(29)17-8-11-21-22(12-17)31-15-30-21/h1-12,14H,13,15H2,(H,26,29). The molecule has 7 heteroatoms. The summed E-state index contributed by atoms with van der Waals surface area (Å²) in [6.07, 6.45) is 1.87. The van der Waals surface area contributed by atoms with Crippen LogP contribution in [0.25, 0.3) is 16.9 Å². The first kappa shape index (κ1) is 18.9. The Labute approximate surface area is 177 Å². The van der Waals surface area contributed by atoms with Crippen molar-refractivity contribution in [1.29, 1.82) is 0 Å². The number of fused-ring (bicyclic) bond motifs is 1. The minimum atomic E-state index is -0.316. The Morgan fingerprint density at radius 2 is 1.77 bits per heavy atom. The van der Waals surface area contributed by atoms with Crippen molar-refractivity contribution in [2.45, 2.75) is 6.54 Å². The van der Waals surface area contributed by atoms with E-state index in [2.05, 4.69) is 10.4 Å². The van der Waals surface area contributed by atoms with Gasteiger partial charge < -0.3 is 14.8 Å². The summed E-state index contributed by atoms with van der Waals surface area (Å²) >= 11 is 0. The Kier molecular flexibility index (Phi) is 4.84. The van der Waals surface area contributed by atoms with Crippen LogP contribution in [0.5, 0.6) is 11.5 Å². The van der Waals surface area contributed by atoms with Gasteiger partial charge in [-0.3, -0.25) is 4.79 Å². The number of halogens is 1. The number of ether oxygens (including phenoxy) is 2. The van der Waals surface area contributed by atoms with E-state index in [4.69, 9.17) is 9.47 Å². The number of rotatable bonds is 5. The Morgan fingerprint density at radius 1 is 1.00 bits per heavy atom. The first-order valence-corrected chi connectivity index (χ1v) is 9.75. The number of hydrogen-bond donors (Lipinski definition) is 1. The van der Waals surface area contributed by atoms with E-state index in [-0.39, 0.29) is 25.1 Å². The predicted molar refractivity (Wildman–Crippen MR) is 113 cm³/mol. The van der Waals surface area contributed by atoms with Crippen molar-refractivity contribution < 1.29 is 18.7 Å². The largest absolute Gasteiger partial charge is 0.454 e. The number of aromatic nitrogens is 2. The Bertz CT molecular complexity index is 1240. The third-order valence-electron chi connectivity index (χ3n) is 5.00. The van der Waals surface area contributed by atoms with Crippen LogP contribution in [0, 0.1) is 5.82 Å². The average Bonchev–Trinajstić information content (AvgIpc) is 3.45. The van der Waals surface area contributed by atoms with Crippen molar-refractivity contribution in [2.24, 2.45) is 0 Å². The molecular weight excluding hydrogens is 397 g/mol. The molecule has 1 aliphatic rings. The lowest BCUT2D eigenvalue weighted by Gasteiger charge is -2.07. The molecule has 0 fully saturated rings. The van der Waals surface area contributed by atoms with E-state index in [1.165, 1.54) is 12.1 Å². The zero-order chi connectivity index (χ0) is 21.2. The molecule has 0 atom stereocenters. The van der Waals surface area contributed by atoms with Gasteiger partial charge in [-0.15, -0.1) is 0 Å². The Morgan fingerprint density at radius 3 is 2.58 bits per heavy atom. The van der Waals surface area contributed by atoms with Crippen LogP contribution < -0.4 is 14.8 Å². The molecule has 3 aromatic carbocycles. The van der Waals surface area contributed by atoms with Crippen LogP contribution in [0.3, 0.4) is 0 Å². The molecule has 1 amide bonds. The summed E-state index contributed by atoms with van der Waals surface area (Å²) in [5, 5.41) is 7.61. The van der Waals surface area contributed by atoms with E-state index in [9.17, 15) is 9.18 Å². The zero-order valence-electron chi connectivity index (χ0n) is 16.4. The SMILES string of the molecule is O=C(NCc1cn(-c2ccccc2)nc1-c1ccc(F)cc1)c1ccc2c(c1)OCO2. The van der Waals surface area contributed by atoms with Gasteiger partial charge >= 0.3 is 0 Å². The number of nitrogens with zero attached hydrogens (tertiary/aromatic N) is 2. The molecule has 0 aliphatic carbocycles. The summed E-state index contributed by atoms with van der Waals surface area (Å²) in [4.78, 5) is 12.7. The third-order valence-corrected chi connectivity index (χ3v) is 5.00. The highest BCUT2D eigenvalue weighted by molar-refractivity contribution is 5.95. The highest BCUT2D eigenvalue weighted by atomic mass is 19.1. The van der Waals surface area contributed by atoms with E-state index in [0.717, 1.165) is 16.8 Å². The molecule has 154 valence electrons. The molecule has 5 rings (SSSR count). The highest BCUT2D eigenvalue weighted by Crippen LogP contribution is 2.32. The molecule has 0 bridgehead atoms. The fraction of sp³-hybridized carbons (Fsp3) is 0.0833. The first-order chi connectivity index (χ1) is 15.2. The number of carbonyl (C=O) groups is 1. The second kappa shape index (κ2) is 7.95. The van der Waals surface area contributed by atoms with Crippen molar-refractivity contribution in [3.8, 4) is 28.4 Å². The average molecular weight is 415 g/mol. The maximum Gasteiger partial charge on any atom is 0.251 e. The summed E-state index contributed by atoms with van der Waals surface area (Å²) in [6, 6.07) is 20.9. The second-order valence-electron chi connectivity index (χ2n) is 7.04. The summed E-state index contributed by atoms with van der Waals surface area (Å²) in [6.45, 7) is 0.410. The molecule has 0 saturated carbocycles. The molecule has 31 heavy (non-hydrogen) atoms. The molecular formula is C24H18FN3O3. The van der Waals surface area contributed by atoms with Crippen LogP contribution in [0.4, 0.5) is 4.39 Å². The smallest absolute Gasteiger partial charge is 0.251 e. The van der Waals surface area contributed by atoms with Crippen LogP contribution in [0.1, 0.15) is 15.9 Å². The maximum absolute atomic E-state index is 13.4. The summed E-state index contributed by atoms with van der Waals surface area (Å²) < 4.78 is 25.8. The van der Waals surface area contributed by atoms with Gasteiger partial charge in [0.1, 0.15) is 5.82 Å². The fourth-order valence-electron chi connectivity index (χ4n) is 3.42. The summed E-state index contributed by atoms with van der Waals surface area (Å²) in [5.74, 6) is 0.621. The minimum absolute atomic E-state index is 0.153. The van der Waals surface area contributed by atoms with Gasteiger partial charge in [-0.2, -0.15) is 5.10 Å². The van der Waals surface area contributed by atoms with Crippen LogP contribution >= 0.6 is 0 Å². The first-order valence-electron chi connectivity index (χ1n) is 9.75. The molecule has 0 unspecified atom stereocenters. The number of nitrogens with one attached hydrogen (secondary N) is 1. The van der Waals surface area contributed by atoms with Crippen LogP contribution in [-0.2, 0) is 6.54 Å². The normalized spacial score (nSPS) is 12.0. The number of carbonyl (C=O) groups excluding carboxylic acids is 1. The van der Waals surface area contributed by atoms with E-state index in [1.807, 2.05) is 36.5 Å². The number of hydrogen-bond acceptors (Lipinski definition) is 4. The molecule has 0 radical (unpaired) electrons. The Balaban J connectivity index is 1.42.